The molecule has 0 spiro atoms. The molecule has 0 atom stereocenters. The molecular weight excluding hydrogens is 178 g/mol. The van der Waals surface area contributed by atoms with Crippen LogP contribution < -0.4 is 5.32 Å². The number of rotatable bonds is 3. The van der Waals surface area contributed by atoms with Gasteiger partial charge in [0.25, 0.3) is 0 Å². The summed E-state index contributed by atoms with van der Waals surface area (Å²) in [6, 6.07) is 7.41. The van der Waals surface area contributed by atoms with Crippen LogP contribution in [-0.4, -0.2) is 17.6 Å². The number of aliphatic hydroxyl groups excluding tert-OH is 1. The van der Waals surface area contributed by atoms with Gasteiger partial charge >= 0.3 is 0 Å². The van der Waals surface area contributed by atoms with Crippen molar-refractivity contribution in [2.45, 2.75) is 6.92 Å². The molecule has 0 radical (unpaired) electrons. The highest BCUT2D eigenvalue weighted by Gasteiger charge is 1.94. The van der Waals surface area contributed by atoms with E-state index in [2.05, 4.69) is 5.32 Å². The molecule has 0 bridgehead atoms. The summed E-state index contributed by atoms with van der Waals surface area (Å²) >= 11 is 0. The number of anilines is 1. The molecule has 1 rings (SSSR count). The van der Waals surface area contributed by atoms with Crippen LogP contribution in [0, 0.1) is 0 Å². The van der Waals surface area contributed by atoms with E-state index in [9.17, 15) is 4.79 Å². The molecule has 0 fully saturated rings. The molecule has 0 unspecified atom stereocenters. The van der Waals surface area contributed by atoms with Gasteiger partial charge in [-0.1, -0.05) is 24.3 Å². The predicted octanol–water partition coefficient (Wildman–Crippen LogP) is 1.65. The van der Waals surface area contributed by atoms with Crippen molar-refractivity contribution in [3.8, 4) is 0 Å². The first-order chi connectivity index (χ1) is 6.72. The first kappa shape index (κ1) is 10.5. The number of hydrogen-bond acceptors (Lipinski definition) is 2. The summed E-state index contributed by atoms with van der Waals surface area (Å²) < 4.78 is 0. The summed E-state index contributed by atoms with van der Waals surface area (Å²) in [5, 5.41) is 11.3. The molecule has 0 aliphatic rings. The number of carbonyl (C=O) groups excluding carboxylic acids is 1. The van der Waals surface area contributed by atoms with Crippen molar-refractivity contribution < 1.29 is 9.90 Å². The molecule has 0 aliphatic carbocycles. The zero-order valence-corrected chi connectivity index (χ0v) is 8.03. The normalized spacial score (nSPS) is 10.4. The highest BCUT2D eigenvalue weighted by molar-refractivity contribution is 5.88. The van der Waals surface area contributed by atoms with Crippen molar-refractivity contribution in [2.75, 3.05) is 11.9 Å². The highest BCUT2D eigenvalue weighted by atomic mass is 16.2. The smallest absolute Gasteiger partial charge is 0.221 e. The fourth-order valence-corrected chi connectivity index (χ4v) is 1.11. The van der Waals surface area contributed by atoms with Gasteiger partial charge in [0.15, 0.2) is 0 Å². The molecule has 0 saturated carbocycles. The highest BCUT2D eigenvalue weighted by Crippen LogP contribution is 2.11. The maximum atomic E-state index is 10.8. The second-order valence-corrected chi connectivity index (χ2v) is 2.89. The minimum atomic E-state index is -0.0895. The number of hydrogen-bond donors (Lipinski definition) is 2. The minimum absolute atomic E-state index is 0.0182. The van der Waals surface area contributed by atoms with Gasteiger partial charge in [-0.05, 0) is 17.7 Å². The summed E-state index contributed by atoms with van der Waals surface area (Å²) in [4.78, 5) is 10.8. The van der Waals surface area contributed by atoms with Crippen LogP contribution in [0.4, 0.5) is 5.69 Å². The van der Waals surface area contributed by atoms with E-state index in [0.717, 1.165) is 11.3 Å². The Morgan fingerprint density at radius 2 is 2.36 bits per heavy atom. The van der Waals surface area contributed by atoms with Gasteiger partial charge < -0.3 is 10.4 Å². The van der Waals surface area contributed by atoms with E-state index < -0.39 is 0 Å². The van der Waals surface area contributed by atoms with Crippen LogP contribution in [0.25, 0.3) is 6.08 Å². The lowest BCUT2D eigenvalue weighted by Gasteiger charge is -2.02. The second kappa shape index (κ2) is 5.19. The molecule has 3 heteroatoms. The molecule has 74 valence electrons. The van der Waals surface area contributed by atoms with E-state index in [-0.39, 0.29) is 12.5 Å². The summed E-state index contributed by atoms with van der Waals surface area (Å²) in [5.74, 6) is -0.0895. The summed E-state index contributed by atoms with van der Waals surface area (Å²) in [7, 11) is 0. The Balaban J connectivity index is 2.78. The number of aliphatic hydroxyl groups is 1. The lowest BCUT2D eigenvalue weighted by Crippen LogP contribution is -2.05. The van der Waals surface area contributed by atoms with Gasteiger partial charge in [-0.15, -0.1) is 0 Å². The SMILES string of the molecule is CC(=O)Nc1cccc(/C=C/CO)c1. The Kier molecular flexibility index (Phi) is 3.88. The first-order valence-electron chi connectivity index (χ1n) is 4.37. The van der Waals surface area contributed by atoms with Crippen LogP contribution in [0.2, 0.25) is 0 Å². The maximum Gasteiger partial charge on any atom is 0.221 e. The third-order valence-electron chi connectivity index (χ3n) is 1.62. The van der Waals surface area contributed by atoms with Crippen molar-refractivity contribution >= 4 is 17.7 Å². The molecule has 2 N–H and O–H groups in total. The minimum Gasteiger partial charge on any atom is -0.392 e. The number of amides is 1. The zero-order chi connectivity index (χ0) is 10.4. The Morgan fingerprint density at radius 3 is 3.00 bits per heavy atom. The molecule has 0 aromatic heterocycles. The standard InChI is InChI=1S/C11H13NO2/c1-9(14)12-11-6-2-4-10(8-11)5-3-7-13/h2-6,8,13H,7H2,1H3,(H,12,14)/b5-3+. The van der Waals surface area contributed by atoms with Crippen LogP contribution in [0.15, 0.2) is 30.3 Å². The van der Waals surface area contributed by atoms with Crippen molar-refractivity contribution in [3.63, 3.8) is 0 Å². The largest absolute Gasteiger partial charge is 0.392 e. The van der Waals surface area contributed by atoms with E-state index in [1.165, 1.54) is 6.92 Å². The average molecular weight is 191 g/mol. The fourth-order valence-electron chi connectivity index (χ4n) is 1.11. The lowest BCUT2D eigenvalue weighted by atomic mass is 10.2. The van der Waals surface area contributed by atoms with Crippen molar-refractivity contribution in [3.05, 3.63) is 35.9 Å². The summed E-state index contributed by atoms with van der Waals surface area (Å²) in [6.45, 7) is 1.49. The fraction of sp³-hybridized carbons (Fsp3) is 0.182. The van der Waals surface area contributed by atoms with Crippen LogP contribution in [0.5, 0.6) is 0 Å². The monoisotopic (exact) mass is 191 g/mol. The Bertz CT molecular complexity index is 345. The first-order valence-corrected chi connectivity index (χ1v) is 4.37. The third-order valence-corrected chi connectivity index (χ3v) is 1.62. The van der Waals surface area contributed by atoms with E-state index in [1.54, 1.807) is 12.2 Å². The average Bonchev–Trinajstić information content (AvgIpc) is 2.14. The number of benzene rings is 1. The van der Waals surface area contributed by atoms with Gasteiger partial charge in [-0.3, -0.25) is 4.79 Å². The molecule has 1 aromatic carbocycles. The molecule has 0 aliphatic heterocycles. The second-order valence-electron chi connectivity index (χ2n) is 2.89. The van der Waals surface area contributed by atoms with Gasteiger partial charge in [0.05, 0.1) is 6.61 Å². The van der Waals surface area contributed by atoms with Crippen molar-refractivity contribution in [1.29, 1.82) is 0 Å². The number of carbonyl (C=O) groups is 1. The molecule has 0 heterocycles. The quantitative estimate of drug-likeness (QED) is 0.763. The maximum absolute atomic E-state index is 10.8. The van der Waals surface area contributed by atoms with Gasteiger partial charge in [-0.2, -0.15) is 0 Å². The van der Waals surface area contributed by atoms with Gasteiger partial charge in [0.1, 0.15) is 0 Å². The molecule has 0 saturated heterocycles. The van der Waals surface area contributed by atoms with Gasteiger partial charge in [-0.25, -0.2) is 0 Å². The molecule has 3 nitrogen and oxygen atoms in total. The Labute approximate surface area is 83.1 Å². The summed E-state index contributed by atoms with van der Waals surface area (Å²) in [5.41, 5.74) is 1.71. The van der Waals surface area contributed by atoms with E-state index >= 15 is 0 Å². The van der Waals surface area contributed by atoms with Crippen molar-refractivity contribution in [2.24, 2.45) is 0 Å². The topological polar surface area (TPSA) is 49.3 Å². The molecular formula is C11H13NO2. The number of nitrogens with one attached hydrogen (secondary N) is 1. The van der Waals surface area contributed by atoms with E-state index in [4.69, 9.17) is 5.11 Å². The zero-order valence-electron chi connectivity index (χ0n) is 8.03. The lowest BCUT2D eigenvalue weighted by molar-refractivity contribution is -0.114. The van der Waals surface area contributed by atoms with Gasteiger partial charge in [0.2, 0.25) is 5.91 Å². The van der Waals surface area contributed by atoms with Crippen LogP contribution in [0.1, 0.15) is 12.5 Å². The van der Waals surface area contributed by atoms with Crippen LogP contribution in [-0.2, 0) is 4.79 Å². The molecule has 14 heavy (non-hydrogen) atoms. The van der Waals surface area contributed by atoms with Crippen molar-refractivity contribution in [1.82, 2.24) is 0 Å². The van der Waals surface area contributed by atoms with Crippen LogP contribution >= 0.6 is 0 Å². The van der Waals surface area contributed by atoms with E-state index in [0.29, 0.717) is 0 Å². The predicted molar refractivity (Wildman–Crippen MR) is 56.9 cm³/mol. The van der Waals surface area contributed by atoms with E-state index in [1.807, 2.05) is 24.3 Å². The van der Waals surface area contributed by atoms with Gasteiger partial charge in [0, 0.05) is 12.6 Å². The Hall–Kier alpha value is -1.61. The Morgan fingerprint density at radius 1 is 1.57 bits per heavy atom. The molecule has 1 aromatic rings. The third kappa shape index (κ3) is 3.41. The molecule has 1 amide bonds. The summed E-state index contributed by atoms with van der Waals surface area (Å²) in [6.07, 6.45) is 3.44. The van der Waals surface area contributed by atoms with Crippen LogP contribution in [0.3, 0.4) is 0 Å².